The van der Waals surface area contributed by atoms with Crippen molar-refractivity contribution in [2.75, 3.05) is 17.3 Å². The second-order valence-corrected chi connectivity index (χ2v) is 4.50. The Morgan fingerprint density at radius 3 is 2.63 bits per heavy atom. The van der Waals surface area contributed by atoms with Crippen molar-refractivity contribution in [3.8, 4) is 0 Å². The number of benzene rings is 1. The monoisotopic (exact) mass is 257 g/mol. The lowest BCUT2D eigenvalue weighted by atomic mass is 10.1. The van der Waals surface area contributed by atoms with Crippen LogP contribution >= 0.6 is 0 Å². The Bertz CT molecular complexity index is 553. The molecule has 1 aromatic heterocycles. The van der Waals surface area contributed by atoms with Gasteiger partial charge in [0.2, 0.25) is 0 Å². The first-order valence-electron chi connectivity index (χ1n) is 6.29. The van der Waals surface area contributed by atoms with E-state index in [1.807, 2.05) is 6.92 Å². The highest BCUT2D eigenvalue weighted by Gasteiger charge is 2.00. The highest BCUT2D eigenvalue weighted by Crippen LogP contribution is 2.10. The summed E-state index contributed by atoms with van der Waals surface area (Å²) < 4.78 is 0. The van der Waals surface area contributed by atoms with Gasteiger partial charge in [0, 0.05) is 12.6 Å². The number of nitrogens with two attached hydrogens (primary N) is 1. The predicted molar refractivity (Wildman–Crippen MR) is 78.0 cm³/mol. The van der Waals surface area contributed by atoms with Crippen LogP contribution in [0, 0.1) is 13.8 Å². The summed E-state index contributed by atoms with van der Waals surface area (Å²) in [6, 6.07) is 10.3. The van der Waals surface area contributed by atoms with Gasteiger partial charge in [-0.25, -0.2) is 15.8 Å². The standard InChI is InChI=1S/C14H19N5/c1-10-4-3-5-12(8-10)6-7-16-13-9-14(19-15)18-11(2)17-13/h3-5,8-9H,6-7,15H2,1-2H3,(H2,16,17,18,19). The lowest BCUT2D eigenvalue weighted by molar-refractivity contribution is 0.978. The van der Waals surface area contributed by atoms with E-state index in [1.54, 1.807) is 6.07 Å². The summed E-state index contributed by atoms with van der Waals surface area (Å²) in [5.74, 6) is 7.45. The van der Waals surface area contributed by atoms with Gasteiger partial charge in [-0.05, 0) is 25.8 Å². The smallest absolute Gasteiger partial charge is 0.145 e. The van der Waals surface area contributed by atoms with E-state index in [1.165, 1.54) is 11.1 Å². The fourth-order valence-electron chi connectivity index (χ4n) is 1.93. The van der Waals surface area contributed by atoms with E-state index in [0.717, 1.165) is 18.8 Å². The molecule has 1 heterocycles. The molecule has 4 N–H and O–H groups in total. The van der Waals surface area contributed by atoms with Crippen molar-refractivity contribution in [1.82, 2.24) is 9.97 Å². The molecule has 0 amide bonds. The molecule has 2 aromatic rings. The zero-order valence-corrected chi connectivity index (χ0v) is 11.3. The first-order chi connectivity index (χ1) is 9.17. The fourth-order valence-corrected chi connectivity index (χ4v) is 1.93. The molecule has 0 fully saturated rings. The van der Waals surface area contributed by atoms with E-state index in [2.05, 4.69) is 51.9 Å². The summed E-state index contributed by atoms with van der Waals surface area (Å²) in [5.41, 5.74) is 5.13. The van der Waals surface area contributed by atoms with Gasteiger partial charge < -0.3 is 10.7 Å². The molecule has 5 heteroatoms. The Balaban J connectivity index is 1.94. The SMILES string of the molecule is Cc1cccc(CCNc2cc(NN)nc(C)n2)c1. The number of hydrazine groups is 1. The molecule has 5 nitrogen and oxygen atoms in total. The molecule has 0 saturated heterocycles. The van der Waals surface area contributed by atoms with Crippen molar-refractivity contribution in [2.45, 2.75) is 20.3 Å². The number of aryl methyl sites for hydroxylation is 2. The van der Waals surface area contributed by atoms with E-state index in [-0.39, 0.29) is 0 Å². The van der Waals surface area contributed by atoms with Crippen molar-refractivity contribution in [1.29, 1.82) is 0 Å². The molecule has 1 aromatic carbocycles. The molecular formula is C14H19N5. The Labute approximate surface area is 113 Å². The molecule has 2 rings (SSSR count). The van der Waals surface area contributed by atoms with Crippen LogP contribution < -0.4 is 16.6 Å². The van der Waals surface area contributed by atoms with Crippen molar-refractivity contribution in [2.24, 2.45) is 5.84 Å². The minimum absolute atomic E-state index is 0.616. The number of nitrogen functional groups attached to an aromatic ring is 1. The lowest BCUT2D eigenvalue weighted by Crippen LogP contribution is -2.12. The van der Waals surface area contributed by atoms with Gasteiger partial charge in [-0.15, -0.1) is 0 Å². The van der Waals surface area contributed by atoms with E-state index in [0.29, 0.717) is 11.6 Å². The molecular weight excluding hydrogens is 238 g/mol. The van der Waals surface area contributed by atoms with Crippen LogP contribution in [0.5, 0.6) is 0 Å². The molecule has 0 radical (unpaired) electrons. The summed E-state index contributed by atoms with van der Waals surface area (Å²) in [6.45, 7) is 4.76. The predicted octanol–water partition coefficient (Wildman–Crippen LogP) is 2.03. The quantitative estimate of drug-likeness (QED) is 0.564. The van der Waals surface area contributed by atoms with Crippen LogP contribution in [0.25, 0.3) is 0 Å². The molecule has 0 saturated carbocycles. The van der Waals surface area contributed by atoms with Crippen molar-refractivity contribution < 1.29 is 0 Å². The Morgan fingerprint density at radius 1 is 1.11 bits per heavy atom. The Kier molecular flexibility index (Phi) is 4.30. The third kappa shape index (κ3) is 3.93. The zero-order chi connectivity index (χ0) is 13.7. The normalized spacial score (nSPS) is 10.3. The molecule has 19 heavy (non-hydrogen) atoms. The zero-order valence-electron chi connectivity index (χ0n) is 11.3. The average Bonchev–Trinajstić information content (AvgIpc) is 2.38. The van der Waals surface area contributed by atoms with E-state index < -0.39 is 0 Å². The van der Waals surface area contributed by atoms with Gasteiger partial charge >= 0.3 is 0 Å². The Hall–Kier alpha value is -2.14. The van der Waals surface area contributed by atoms with Gasteiger partial charge in [-0.1, -0.05) is 29.8 Å². The first kappa shape index (κ1) is 13.3. The fraction of sp³-hybridized carbons (Fsp3) is 0.286. The van der Waals surface area contributed by atoms with Gasteiger partial charge in [-0.2, -0.15) is 0 Å². The van der Waals surface area contributed by atoms with Crippen molar-refractivity contribution in [3.63, 3.8) is 0 Å². The first-order valence-corrected chi connectivity index (χ1v) is 6.29. The van der Waals surface area contributed by atoms with E-state index in [9.17, 15) is 0 Å². The van der Waals surface area contributed by atoms with Crippen LogP contribution in [-0.2, 0) is 6.42 Å². The number of aromatic nitrogens is 2. The van der Waals surface area contributed by atoms with Crippen molar-refractivity contribution in [3.05, 3.63) is 47.3 Å². The number of hydrogen-bond donors (Lipinski definition) is 3. The molecule has 0 aliphatic rings. The summed E-state index contributed by atoms with van der Waals surface area (Å²) >= 11 is 0. The van der Waals surface area contributed by atoms with Crippen molar-refractivity contribution >= 4 is 11.6 Å². The number of anilines is 2. The molecule has 0 atom stereocenters. The maximum Gasteiger partial charge on any atom is 0.145 e. The number of nitrogens with one attached hydrogen (secondary N) is 2. The number of rotatable bonds is 5. The van der Waals surface area contributed by atoms with Gasteiger partial charge in [0.25, 0.3) is 0 Å². The van der Waals surface area contributed by atoms with Gasteiger partial charge in [0.1, 0.15) is 17.5 Å². The average molecular weight is 257 g/mol. The minimum Gasteiger partial charge on any atom is -0.370 e. The second-order valence-electron chi connectivity index (χ2n) is 4.50. The van der Waals surface area contributed by atoms with Crippen LogP contribution in [0.3, 0.4) is 0 Å². The van der Waals surface area contributed by atoms with Crippen LogP contribution in [0.2, 0.25) is 0 Å². The highest BCUT2D eigenvalue weighted by molar-refractivity contribution is 5.46. The molecule has 0 aliphatic heterocycles. The van der Waals surface area contributed by atoms with Crippen LogP contribution in [0.15, 0.2) is 30.3 Å². The summed E-state index contributed by atoms with van der Waals surface area (Å²) in [4.78, 5) is 8.46. The molecule has 0 spiro atoms. The largest absolute Gasteiger partial charge is 0.370 e. The second kappa shape index (κ2) is 6.15. The Morgan fingerprint density at radius 2 is 1.89 bits per heavy atom. The van der Waals surface area contributed by atoms with Gasteiger partial charge in [0.15, 0.2) is 0 Å². The molecule has 0 unspecified atom stereocenters. The van der Waals surface area contributed by atoms with E-state index in [4.69, 9.17) is 5.84 Å². The third-order valence-electron chi connectivity index (χ3n) is 2.79. The summed E-state index contributed by atoms with van der Waals surface area (Å²) in [7, 11) is 0. The minimum atomic E-state index is 0.616. The lowest BCUT2D eigenvalue weighted by Gasteiger charge is -2.08. The maximum atomic E-state index is 5.36. The van der Waals surface area contributed by atoms with Crippen LogP contribution in [0.1, 0.15) is 17.0 Å². The highest BCUT2D eigenvalue weighted by atomic mass is 15.3. The van der Waals surface area contributed by atoms with Gasteiger partial charge in [-0.3, -0.25) is 0 Å². The molecule has 0 aliphatic carbocycles. The summed E-state index contributed by atoms with van der Waals surface area (Å²) in [6.07, 6.45) is 0.954. The third-order valence-corrected chi connectivity index (χ3v) is 2.79. The van der Waals surface area contributed by atoms with Gasteiger partial charge in [0.05, 0.1) is 0 Å². The molecule has 100 valence electrons. The number of hydrogen-bond acceptors (Lipinski definition) is 5. The molecule has 0 bridgehead atoms. The van der Waals surface area contributed by atoms with Crippen LogP contribution in [-0.4, -0.2) is 16.5 Å². The maximum absolute atomic E-state index is 5.36. The number of nitrogens with zero attached hydrogens (tertiary/aromatic N) is 2. The van der Waals surface area contributed by atoms with Crippen LogP contribution in [0.4, 0.5) is 11.6 Å². The summed E-state index contributed by atoms with van der Waals surface area (Å²) in [5, 5.41) is 3.28. The van der Waals surface area contributed by atoms with E-state index >= 15 is 0 Å². The topological polar surface area (TPSA) is 75.9 Å².